The molecule has 2 aromatic rings. The average molecular weight is 413 g/mol. The third kappa shape index (κ3) is 4.99. The molecule has 1 aromatic heterocycles. The number of aromatic nitrogens is 3. The molecule has 2 aliphatic heterocycles. The highest BCUT2D eigenvalue weighted by Gasteiger charge is 2.23. The van der Waals surface area contributed by atoms with E-state index in [0.717, 1.165) is 69.6 Å². The number of rotatable bonds is 4. The van der Waals surface area contributed by atoms with Crippen molar-refractivity contribution in [2.24, 2.45) is 0 Å². The van der Waals surface area contributed by atoms with Gasteiger partial charge in [0.1, 0.15) is 5.82 Å². The van der Waals surface area contributed by atoms with E-state index in [0.29, 0.717) is 6.42 Å². The van der Waals surface area contributed by atoms with Crippen LogP contribution in [-0.4, -0.2) is 69.7 Å². The van der Waals surface area contributed by atoms with E-state index in [1.807, 2.05) is 23.1 Å². The lowest BCUT2D eigenvalue weighted by Gasteiger charge is -2.30. The van der Waals surface area contributed by atoms with Crippen LogP contribution in [0.25, 0.3) is 11.4 Å². The predicted molar refractivity (Wildman–Crippen MR) is 109 cm³/mol. The summed E-state index contributed by atoms with van der Waals surface area (Å²) in [6.07, 6.45) is 0.583. The Labute approximate surface area is 171 Å². The molecule has 1 saturated heterocycles. The van der Waals surface area contributed by atoms with Gasteiger partial charge in [-0.25, -0.2) is 0 Å². The van der Waals surface area contributed by atoms with Crippen molar-refractivity contribution in [2.45, 2.75) is 19.5 Å². The lowest BCUT2D eigenvalue weighted by molar-refractivity contribution is -0.132. The predicted octanol–water partition coefficient (Wildman–Crippen LogP) is 1.43. The normalized spacial score (nSPS) is 16.8. The molecule has 3 heterocycles. The van der Waals surface area contributed by atoms with Crippen molar-refractivity contribution in [3.05, 3.63) is 36.2 Å². The zero-order valence-corrected chi connectivity index (χ0v) is 16.8. The van der Waals surface area contributed by atoms with Crippen LogP contribution in [0.4, 0.5) is 0 Å². The van der Waals surface area contributed by atoms with Crippen molar-refractivity contribution >= 4 is 30.7 Å². The van der Waals surface area contributed by atoms with Gasteiger partial charge in [0.05, 0.1) is 6.54 Å². The molecule has 0 unspecified atom stereocenters. The summed E-state index contributed by atoms with van der Waals surface area (Å²) in [6, 6.07) is 10.2. The van der Waals surface area contributed by atoms with E-state index in [4.69, 9.17) is 0 Å². The molecule has 1 fully saturated rings. The standard InChI is InChI=1S/C18H24N6O.2ClH/c25-17(23-10-7-19-8-11-23)6-9-22-12-13-24-16(14-22)20-21-18(24)15-4-2-1-3-5-15;;/h1-5,19H,6-14H2;2*1H. The van der Waals surface area contributed by atoms with Gasteiger partial charge in [0.25, 0.3) is 0 Å². The van der Waals surface area contributed by atoms with Crippen LogP contribution in [0.3, 0.4) is 0 Å². The first-order valence-corrected chi connectivity index (χ1v) is 8.99. The SMILES string of the molecule is Cl.Cl.O=C(CCN1CCn2c(nnc2-c2ccccc2)C1)N1CCNCC1. The molecule has 0 saturated carbocycles. The Balaban J connectivity index is 0.00000131. The molecule has 2 aliphatic rings. The van der Waals surface area contributed by atoms with Gasteiger partial charge in [0.2, 0.25) is 5.91 Å². The Bertz CT molecular complexity index is 733. The number of fused-ring (bicyclic) bond motifs is 1. The number of nitrogens with one attached hydrogen (secondary N) is 1. The Hall–Kier alpha value is -1.67. The second-order valence-corrected chi connectivity index (χ2v) is 6.61. The Kier molecular flexibility index (Phi) is 8.04. The first-order chi connectivity index (χ1) is 12.3. The fourth-order valence-electron chi connectivity index (χ4n) is 3.53. The number of hydrogen-bond donors (Lipinski definition) is 1. The van der Waals surface area contributed by atoms with Crippen molar-refractivity contribution in [2.75, 3.05) is 39.3 Å². The molecule has 1 aromatic carbocycles. The zero-order chi connectivity index (χ0) is 17.1. The highest BCUT2D eigenvalue weighted by atomic mass is 35.5. The van der Waals surface area contributed by atoms with Crippen molar-refractivity contribution in [1.82, 2.24) is 29.9 Å². The minimum Gasteiger partial charge on any atom is -0.340 e. The number of nitrogens with zero attached hydrogens (tertiary/aromatic N) is 5. The smallest absolute Gasteiger partial charge is 0.223 e. The largest absolute Gasteiger partial charge is 0.340 e. The second-order valence-electron chi connectivity index (χ2n) is 6.61. The quantitative estimate of drug-likeness (QED) is 0.822. The molecular formula is C18H26Cl2N6O. The van der Waals surface area contributed by atoms with Crippen LogP contribution < -0.4 is 5.32 Å². The molecule has 0 radical (unpaired) electrons. The summed E-state index contributed by atoms with van der Waals surface area (Å²) in [6.45, 7) is 6.81. The highest BCUT2D eigenvalue weighted by Crippen LogP contribution is 2.21. The van der Waals surface area contributed by atoms with Gasteiger partial charge in [-0.15, -0.1) is 35.0 Å². The van der Waals surface area contributed by atoms with Gasteiger partial charge in [0.15, 0.2) is 5.82 Å². The van der Waals surface area contributed by atoms with Gasteiger partial charge in [-0.2, -0.15) is 0 Å². The van der Waals surface area contributed by atoms with Crippen LogP contribution in [0.1, 0.15) is 12.2 Å². The Morgan fingerprint density at radius 1 is 1.00 bits per heavy atom. The summed E-state index contributed by atoms with van der Waals surface area (Å²) in [7, 11) is 0. The van der Waals surface area contributed by atoms with Crippen LogP contribution in [-0.2, 0) is 17.9 Å². The van der Waals surface area contributed by atoms with E-state index in [1.54, 1.807) is 0 Å². The van der Waals surface area contributed by atoms with E-state index < -0.39 is 0 Å². The summed E-state index contributed by atoms with van der Waals surface area (Å²) in [4.78, 5) is 16.6. The molecule has 9 heteroatoms. The average Bonchev–Trinajstić information content (AvgIpc) is 3.10. The van der Waals surface area contributed by atoms with Crippen molar-refractivity contribution < 1.29 is 4.79 Å². The minimum absolute atomic E-state index is 0. The van der Waals surface area contributed by atoms with Gasteiger partial charge in [0, 0.05) is 57.8 Å². The molecule has 0 bridgehead atoms. The third-order valence-corrected chi connectivity index (χ3v) is 4.98. The fourth-order valence-corrected chi connectivity index (χ4v) is 3.53. The molecular weight excluding hydrogens is 387 g/mol. The van der Waals surface area contributed by atoms with Crippen molar-refractivity contribution in [1.29, 1.82) is 0 Å². The lowest BCUT2D eigenvalue weighted by atomic mass is 10.2. The number of carbonyl (C=O) groups is 1. The van der Waals surface area contributed by atoms with Crippen LogP contribution in [0.2, 0.25) is 0 Å². The molecule has 1 N–H and O–H groups in total. The van der Waals surface area contributed by atoms with Gasteiger partial charge >= 0.3 is 0 Å². The van der Waals surface area contributed by atoms with Crippen LogP contribution in [0.15, 0.2) is 30.3 Å². The topological polar surface area (TPSA) is 66.3 Å². The minimum atomic E-state index is 0. The maximum atomic E-state index is 12.3. The number of hydrogen-bond acceptors (Lipinski definition) is 5. The van der Waals surface area contributed by atoms with Gasteiger partial charge in [-0.3, -0.25) is 9.69 Å². The molecule has 0 aliphatic carbocycles. The van der Waals surface area contributed by atoms with Gasteiger partial charge in [-0.1, -0.05) is 30.3 Å². The van der Waals surface area contributed by atoms with E-state index >= 15 is 0 Å². The number of carbonyl (C=O) groups excluding carboxylic acids is 1. The molecule has 1 amide bonds. The maximum absolute atomic E-state index is 12.3. The number of piperazine rings is 1. The monoisotopic (exact) mass is 412 g/mol. The summed E-state index contributed by atoms with van der Waals surface area (Å²) in [5, 5.41) is 12.0. The fraction of sp³-hybridized carbons (Fsp3) is 0.500. The molecule has 0 spiro atoms. The highest BCUT2D eigenvalue weighted by molar-refractivity contribution is 5.85. The van der Waals surface area contributed by atoms with Crippen LogP contribution in [0, 0.1) is 0 Å². The van der Waals surface area contributed by atoms with Crippen molar-refractivity contribution in [3.63, 3.8) is 0 Å². The summed E-state index contributed by atoms with van der Waals surface area (Å²) in [5.74, 6) is 2.19. The molecule has 7 nitrogen and oxygen atoms in total. The third-order valence-electron chi connectivity index (χ3n) is 4.98. The number of benzene rings is 1. The van der Waals surface area contributed by atoms with Crippen LogP contribution >= 0.6 is 24.8 Å². The molecule has 27 heavy (non-hydrogen) atoms. The summed E-state index contributed by atoms with van der Waals surface area (Å²) in [5.41, 5.74) is 1.10. The molecule has 4 rings (SSSR count). The maximum Gasteiger partial charge on any atom is 0.223 e. The summed E-state index contributed by atoms with van der Waals surface area (Å²) < 4.78 is 2.20. The van der Waals surface area contributed by atoms with E-state index in [-0.39, 0.29) is 30.7 Å². The van der Waals surface area contributed by atoms with Crippen LogP contribution in [0.5, 0.6) is 0 Å². The number of amides is 1. The molecule has 148 valence electrons. The first kappa shape index (κ1) is 21.6. The lowest BCUT2D eigenvalue weighted by Crippen LogP contribution is -2.47. The van der Waals surface area contributed by atoms with E-state index in [1.165, 1.54) is 0 Å². The summed E-state index contributed by atoms with van der Waals surface area (Å²) >= 11 is 0. The van der Waals surface area contributed by atoms with Crippen molar-refractivity contribution in [3.8, 4) is 11.4 Å². The second kappa shape index (κ2) is 10.0. The first-order valence-electron chi connectivity index (χ1n) is 8.99. The van der Waals surface area contributed by atoms with Gasteiger partial charge < -0.3 is 14.8 Å². The Morgan fingerprint density at radius 3 is 2.48 bits per heavy atom. The van der Waals surface area contributed by atoms with E-state index in [2.05, 4.69) is 37.1 Å². The zero-order valence-electron chi connectivity index (χ0n) is 15.2. The van der Waals surface area contributed by atoms with Gasteiger partial charge in [-0.05, 0) is 0 Å². The Morgan fingerprint density at radius 2 is 1.74 bits per heavy atom. The number of halogens is 2. The molecule has 0 atom stereocenters. The van der Waals surface area contributed by atoms with E-state index in [9.17, 15) is 4.79 Å².